The van der Waals surface area contributed by atoms with Gasteiger partial charge in [0.25, 0.3) is 0 Å². The number of rotatable bonds is 3. The highest BCUT2D eigenvalue weighted by Gasteiger charge is 1.94. The standard InChI is InChI=1S/C6H15NO.C4H9NO.C2H6/c1-5(2)8-4-6(3)7;1-4(6)5(2)3;1-2/h5-6H,4,7H2,1-3H3;1-3H3;1-2H3. The van der Waals surface area contributed by atoms with Crippen molar-refractivity contribution in [3.05, 3.63) is 0 Å². The third-order valence-electron chi connectivity index (χ3n) is 1.32. The van der Waals surface area contributed by atoms with Crippen LogP contribution in [0.4, 0.5) is 0 Å². The number of hydrogen-bond acceptors (Lipinski definition) is 3. The Kier molecular flexibility index (Phi) is 18.7. The van der Waals surface area contributed by atoms with E-state index in [1.807, 2.05) is 34.6 Å². The summed E-state index contributed by atoms with van der Waals surface area (Å²) in [6.45, 7) is 12.1. The van der Waals surface area contributed by atoms with Crippen molar-refractivity contribution in [1.29, 1.82) is 0 Å². The third-order valence-corrected chi connectivity index (χ3v) is 1.32. The quantitative estimate of drug-likeness (QED) is 0.811. The molecule has 0 aromatic carbocycles. The predicted octanol–water partition coefficient (Wildman–Crippen LogP) is 1.88. The van der Waals surface area contributed by atoms with Crippen molar-refractivity contribution >= 4 is 5.91 Å². The molecule has 0 fully saturated rings. The molecule has 16 heavy (non-hydrogen) atoms. The summed E-state index contributed by atoms with van der Waals surface area (Å²) in [6.07, 6.45) is 0.306. The second kappa shape index (κ2) is 14.4. The smallest absolute Gasteiger partial charge is 0.218 e. The Balaban J connectivity index is -0.000000188. The zero-order valence-corrected chi connectivity index (χ0v) is 12.2. The fourth-order valence-corrected chi connectivity index (χ4v) is 0.344. The largest absolute Gasteiger partial charge is 0.377 e. The fourth-order valence-electron chi connectivity index (χ4n) is 0.344. The van der Waals surface area contributed by atoms with Crippen molar-refractivity contribution < 1.29 is 9.53 Å². The van der Waals surface area contributed by atoms with Crippen LogP contribution < -0.4 is 5.73 Å². The highest BCUT2D eigenvalue weighted by atomic mass is 16.5. The Hall–Kier alpha value is -0.610. The lowest BCUT2D eigenvalue weighted by molar-refractivity contribution is -0.126. The lowest BCUT2D eigenvalue weighted by Gasteiger charge is -2.08. The highest BCUT2D eigenvalue weighted by Crippen LogP contribution is 1.87. The zero-order chi connectivity index (χ0) is 13.7. The average Bonchev–Trinajstić information content (AvgIpc) is 2.18. The molecule has 0 saturated heterocycles. The van der Waals surface area contributed by atoms with E-state index in [1.165, 1.54) is 11.8 Å². The molecule has 1 atom stereocenters. The molecule has 100 valence electrons. The van der Waals surface area contributed by atoms with Crippen LogP contribution in [0.5, 0.6) is 0 Å². The van der Waals surface area contributed by atoms with Crippen LogP contribution in [0.2, 0.25) is 0 Å². The van der Waals surface area contributed by atoms with Gasteiger partial charge in [-0.2, -0.15) is 0 Å². The van der Waals surface area contributed by atoms with E-state index in [0.29, 0.717) is 12.7 Å². The van der Waals surface area contributed by atoms with Gasteiger partial charge >= 0.3 is 0 Å². The summed E-state index contributed by atoms with van der Waals surface area (Å²) in [6, 6.07) is 0.164. The van der Waals surface area contributed by atoms with Gasteiger partial charge in [-0.25, -0.2) is 0 Å². The molecule has 0 aliphatic rings. The van der Waals surface area contributed by atoms with Crippen LogP contribution in [-0.2, 0) is 9.53 Å². The van der Waals surface area contributed by atoms with Gasteiger partial charge in [0.1, 0.15) is 0 Å². The van der Waals surface area contributed by atoms with E-state index in [0.717, 1.165) is 0 Å². The van der Waals surface area contributed by atoms with E-state index in [2.05, 4.69) is 0 Å². The molecule has 0 aromatic rings. The van der Waals surface area contributed by atoms with E-state index in [1.54, 1.807) is 14.1 Å². The Morgan fingerprint density at radius 1 is 1.25 bits per heavy atom. The van der Waals surface area contributed by atoms with E-state index >= 15 is 0 Å². The first-order chi connectivity index (χ1) is 7.27. The van der Waals surface area contributed by atoms with Crippen molar-refractivity contribution in [3.63, 3.8) is 0 Å². The number of ether oxygens (including phenoxy) is 1. The first-order valence-electron chi connectivity index (χ1n) is 5.82. The van der Waals surface area contributed by atoms with Gasteiger partial charge in [-0.15, -0.1) is 0 Å². The van der Waals surface area contributed by atoms with Crippen LogP contribution in [0.25, 0.3) is 0 Å². The van der Waals surface area contributed by atoms with Crippen molar-refractivity contribution in [1.82, 2.24) is 4.90 Å². The van der Waals surface area contributed by atoms with Crippen LogP contribution >= 0.6 is 0 Å². The van der Waals surface area contributed by atoms with E-state index in [9.17, 15) is 4.79 Å². The van der Waals surface area contributed by atoms with Gasteiger partial charge in [0, 0.05) is 27.1 Å². The number of nitrogens with zero attached hydrogens (tertiary/aromatic N) is 1. The Morgan fingerprint density at radius 3 is 1.62 bits per heavy atom. The molecule has 0 aliphatic heterocycles. The SMILES string of the molecule is CC.CC(=O)N(C)C.CC(N)COC(C)C. The molecule has 0 saturated carbocycles. The number of amides is 1. The van der Waals surface area contributed by atoms with E-state index < -0.39 is 0 Å². The second-order valence-electron chi connectivity index (χ2n) is 3.77. The minimum atomic E-state index is 0.0926. The Labute approximate surface area is 101 Å². The topological polar surface area (TPSA) is 55.6 Å². The fraction of sp³-hybridized carbons (Fsp3) is 0.917. The summed E-state index contributed by atoms with van der Waals surface area (Å²) >= 11 is 0. The van der Waals surface area contributed by atoms with E-state index in [4.69, 9.17) is 10.5 Å². The maximum Gasteiger partial charge on any atom is 0.218 e. The molecule has 2 N–H and O–H groups in total. The first-order valence-corrected chi connectivity index (χ1v) is 5.82. The van der Waals surface area contributed by atoms with Crippen molar-refractivity contribution in [2.45, 2.75) is 53.7 Å². The molecule has 0 rings (SSSR count). The molecule has 0 heterocycles. The Bertz CT molecular complexity index is 138. The molecule has 0 spiro atoms. The molecule has 1 unspecified atom stereocenters. The van der Waals surface area contributed by atoms with E-state index in [-0.39, 0.29) is 11.9 Å². The summed E-state index contributed by atoms with van der Waals surface area (Å²) in [5, 5.41) is 0. The maximum absolute atomic E-state index is 10.1. The first kappa shape index (κ1) is 20.8. The summed E-state index contributed by atoms with van der Waals surface area (Å²) in [4.78, 5) is 11.6. The van der Waals surface area contributed by atoms with Gasteiger partial charge in [0.2, 0.25) is 5.91 Å². The molecule has 1 amide bonds. The summed E-state index contributed by atoms with van der Waals surface area (Å²) in [7, 11) is 3.45. The summed E-state index contributed by atoms with van der Waals surface area (Å²) in [5.41, 5.74) is 5.42. The van der Waals surface area contributed by atoms with Crippen molar-refractivity contribution in [2.75, 3.05) is 20.7 Å². The number of hydrogen-bond donors (Lipinski definition) is 1. The molecule has 4 nitrogen and oxygen atoms in total. The lowest BCUT2D eigenvalue weighted by Crippen LogP contribution is -2.23. The monoisotopic (exact) mass is 234 g/mol. The molecule has 0 radical (unpaired) electrons. The van der Waals surface area contributed by atoms with Gasteiger partial charge < -0.3 is 15.4 Å². The number of nitrogens with two attached hydrogens (primary N) is 1. The molecule has 0 aliphatic carbocycles. The van der Waals surface area contributed by atoms with Gasteiger partial charge in [-0.3, -0.25) is 4.79 Å². The van der Waals surface area contributed by atoms with Crippen LogP contribution in [0.3, 0.4) is 0 Å². The highest BCUT2D eigenvalue weighted by molar-refractivity contribution is 5.72. The minimum absolute atomic E-state index is 0.0926. The Morgan fingerprint density at radius 2 is 1.56 bits per heavy atom. The summed E-state index contributed by atoms with van der Waals surface area (Å²) in [5.74, 6) is 0.0926. The van der Waals surface area contributed by atoms with Crippen LogP contribution in [-0.4, -0.2) is 43.7 Å². The number of carbonyl (C=O) groups is 1. The average molecular weight is 234 g/mol. The van der Waals surface area contributed by atoms with Crippen LogP contribution in [0, 0.1) is 0 Å². The van der Waals surface area contributed by atoms with Gasteiger partial charge in [-0.1, -0.05) is 13.8 Å². The number of carbonyl (C=O) groups excluding carboxylic acids is 1. The molecule has 0 bridgehead atoms. The van der Waals surface area contributed by atoms with Gasteiger partial charge in [-0.05, 0) is 20.8 Å². The molecular weight excluding hydrogens is 204 g/mol. The second-order valence-corrected chi connectivity index (χ2v) is 3.77. The zero-order valence-electron chi connectivity index (χ0n) is 12.2. The van der Waals surface area contributed by atoms with Gasteiger partial charge in [0.05, 0.1) is 12.7 Å². The molecular formula is C12H30N2O2. The third kappa shape index (κ3) is 29.2. The maximum atomic E-state index is 10.1. The van der Waals surface area contributed by atoms with Crippen molar-refractivity contribution in [2.24, 2.45) is 5.73 Å². The van der Waals surface area contributed by atoms with Crippen LogP contribution in [0.15, 0.2) is 0 Å². The molecule has 4 heteroatoms. The van der Waals surface area contributed by atoms with Crippen LogP contribution in [0.1, 0.15) is 41.5 Å². The van der Waals surface area contributed by atoms with Crippen molar-refractivity contribution in [3.8, 4) is 0 Å². The lowest BCUT2D eigenvalue weighted by atomic mass is 10.4. The predicted molar refractivity (Wildman–Crippen MR) is 70.5 cm³/mol. The van der Waals surface area contributed by atoms with Gasteiger partial charge in [0.15, 0.2) is 0 Å². The normalized spacial score (nSPS) is 10.6. The minimum Gasteiger partial charge on any atom is -0.377 e. The molecule has 0 aromatic heterocycles. The summed E-state index contributed by atoms with van der Waals surface area (Å²) < 4.78 is 5.18.